The van der Waals surface area contributed by atoms with Crippen LogP contribution in [0.5, 0.6) is 0 Å². The number of aromatic nitrogens is 4. The number of fused-ring (bicyclic) bond motifs is 1. The van der Waals surface area contributed by atoms with E-state index in [2.05, 4.69) is 20.1 Å². The second kappa shape index (κ2) is 4.54. The molecule has 92 valence electrons. The first-order chi connectivity index (χ1) is 8.72. The fourth-order valence-electron chi connectivity index (χ4n) is 1.44. The molecule has 0 bridgehead atoms. The zero-order valence-electron chi connectivity index (χ0n) is 9.34. The van der Waals surface area contributed by atoms with E-state index in [1.807, 2.05) is 5.38 Å². The van der Waals surface area contributed by atoms with Crippen molar-refractivity contribution < 1.29 is 4.52 Å². The molecule has 3 heterocycles. The van der Waals surface area contributed by atoms with Gasteiger partial charge in [-0.15, -0.1) is 11.3 Å². The predicted molar refractivity (Wildman–Crippen MR) is 68.8 cm³/mol. The van der Waals surface area contributed by atoms with E-state index in [-0.39, 0.29) is 5.56 Å². The maximum Gasteiger partial charge on any atom is 0.260 e. The van der Waals surface area contributed by atoms with Gasteiger partial charge in [0.15, 0.2) is 11.0 Å². The van der Waals surface area contributed by atoms with Crippen LogP contribution in [0.15, 0.2) is 25.9 Å². The predicted octanol–water partition coefficient (Wildman–Crippen LogP) is 1.97. The highest BCUT2D eigenvalue weighted by Crippen LogP contribution is 2.21. The average Bonchev–Trinajstić information content (AvgIpc) is 2.95. The minimum absolute atomic E-state index is 0.120. The number of aryl methyl sites for hydroxylation is 1. The largest absolute Gasteiger partial charge is 0.338 e. The molecule has 0 radical (unpaired) electrons. The summed E-state index contributed by atoms with van der Waals surface area (Å²) in [6.07, 6.45) is 0. The molecule has 1 N–H and O–H groups in total. The van der Waals surface area contributed by atoms with Crippen LogP contribution < -0.4 is 5.56 Å². The van der Waals surface area contributed by atoms with E-state index in [0.29, 0.717) is 28.0 Å². The van der Waals surface area contributed by atoms with Gasteiger partial charge in [-0.3, -0.25) is 4.79 Å². The minimum Gasteiger partial charge on any atom is -0.338 e. The van der Waals surface area contributed by atoms with Gasteiger partial charge in [0, 0.05) is 0 Å². The normalized spacial score (nSPS) is 11.2. The lowest BCUT2D eigenvalue weighted by Gasteiger charge is -1.97. The Morgan fingerprint density at radius 3 is 3.17 bits per heavy atom. The van der Waals surface area contributed by atoms with Gasteiger partial charge in [0.05, 0.1) is 11.1 Å². The van der Waals surface area contributed by atoms with Crippen LogP contribution in [0.4, 0.5) is 0 Å². The Labute approximate surface area is 109 Å². The van der Waals surface area contributed by atoms with Crippen molar-refractivity contribution in [3.05, 3.63) is 33.5 Å². The van der Waals surface area contributed by atoms with Crippen LogP contribution in [0.2, 0.25) is 0 Å². The highest BCUT2D eigenvalue weighted by Gasteiger charge is 2.08. The van der Waals surface area contributed by atoms with Gasteiger partial charge in [0.25, 0.3) is 5.56 Å². The molecule has 0 amide bonds. The van der Waals surface area contributed by atoms with Gasteiger partial charge in [-0.1, -0.05) is 16.9 Å². The number of nitrogens with one attached hydrogen (secondary N) is 1. The summed E-state index contributed by atoms with van der Waals surface area (Å²) in [7, 11) is 0. The van der Waals surface area contributed by atoms with Crippen LogP contribution in [0, 0.1) is 6.92 Å². The molecule has 0 aromatic carbocycles. The topological polar surface area (TPSA) is 84.7 Å². The Kier molecular flexibility index (Phi) is 2.88. The van der Waals surface area contributed by atoms with Gasteiger partial charge in [0.2, 0.25) is 5.89 Å². The fourth-order valence-corrected chi connectivity index (χ4v) is 2.96. The second-order valence-corrected chi connectivity index (χ2v) is 5.39. The summed E-state index contributed by atoms with van der Waals surface area (Å²) in [6, 6.07) is 1.77. The summed E-state index contributed by atoms with van der Waals surface area (Å²) < 4.78 is 4.99. The number of H-pyrrole nitrogens is 1. The number of rotatable bonds is 3. The highest BCUT2D eigenvalue weighted by molar-refractivity contribution is 7.98. The molecule has 0 spiro atoms. The van der Waals surface area contributed by atoms with E-state index in [1.165, 1.54) is 23.1 Å². The Balaban J connectivity index is 1.84. The molecule has 3 aromatic heterocycles. The van der Waals surface area contributed by atoms with E-state index < -0.39 is 0 Å². The molecular weight excluding hydrogens is 272 g/mol. The summed E-state index contributed by atoms with van der Waals surface area (Å²) >= 11 is 2.81. The molecule has 18 heavy (non-hydrogen) atoms. The fraction of sp³-hybridized carbons (Fsp3) is 0.200. The zero-order chi connectivity index (χ0) is 12.5. The molecule has 6 nitrogen and oxygen atoms in total. The third-order valence-corrected chi connectivity index (χ3v) is 3.88. The van der Waals surface area contributed by atoms with Crippen molar-refractivity contribution >= 4 is 33.3 Å². The molecule has 0 atom stereocenters. The molecule has 3 aromatic rings. The van der Waals surface area contributed by atoms with Crippen molar-refractivity contribution in [1.29, 1.82) is 0 Å². The summed E-state index contributed by atoms with van der Waals surface area (Å²) in [6.45, 7) is 1.76. The lowest BCUT2D eigenvalue weighted by atomic mass is 10.4. The van der Waals surface area contributed by atoms with Gasteiger partial charge in [-0.2, -0.15) is 4.98 Å². The number of hydrogen-bond donors (Lipinski definition) is 1. The van der Waals surface area contributed by atoms with E-state index >= 15 is 0 Å². The summed E-state index contributed by atoms with van der Waals surface area (Å²) in [5.41, 5.74) is -0.120. The first-order valence-electron chi connectivity index (χ1n) is 5.12. The van der Waals surface area contributed by atoms with Crippen molar-refractivity contribution in [3.63, 3.8) is 0 Å². The quantitative estimate of drug-likeness (QED) is 0.583. The first kappa shape index (κ1) is 11.4. The van der Waals surface area contributed by atoms with Crippen LogP contribution in [0.25, 0.3) is 10.2 Å². The van der Waals surface area contributed by atoms with Crippen LogP contribution in [-0.2, 0) is 5.75 Å². The maximum atomic E-state index is 11.7. The van der Waals surface area contributed by atoms with Crippen LogP contribution in [-0.4, -0.2) is 20.1 Å². The van der Waals surface area contributed by atoms with Crippen LogP contribution >= 0.6 is 23.1 Å². The van der Waals surface area contributed by atoms with E-state index in [9.17, 15) is 4.79 Å². The Morgan fingerprint density at radius 1 is 1.50 bits per heavy atom. The Morgan fingerprint density at radius 2 is 2.39 bits per heavy atom. The maximum absolute atomic E-state index is 11.7. The van der Waals surface area contributed by atoms with E-state index in [4.69, 9.17) is 4.52 Å². The molecule has 8 heteroatoms. The summed E-state index contributed by atoms with van der Waals surface area (Å²) in [4.78, 5) is 23.6. The molecule has 0 saturated carbocycles. The number of aromatic amines is 1. The molecule has 0 aliphatic rings. The molecule has 0 fully saturated rings. The second-order valence-electron chi connectivity index (χ2n) is 3.53. The number of thioether (sulfide) groups is 1. The zero-order valence-corrected chi connectivity index (χ0v) is 11.0. The molecular formula is C10H8N4O2S2. The molecule has 0 saturated heterocycles. The van der Waals surface area contributed by atoms with Gasteiger partial charge < -0.3 is 9.51 Å². The van der Waals surface area contributed by atoms with Crippen molar-refractivity contribution in [2.24, 2.45) is 0 Å². The van der Waals surface area contributed by atoms with Crippen LogP contribution in [0.3, 0.4) is 0 Å². The summed E-state index contributed by atoms with van der Waals surface area (Å²) in [5.74, 6) is 1.60. The van der Waals surface area contributed by atoms with Crippen molar-refractivity contribution in [2.75, 3.05) is 0 Å². The molecule has 3 rings (SSSR count). The van der Waals surface area contributed by atoms with Crippen molar-refractivity contribution in [1.82, 2.24) is 20.1 Å². The minimum atomic E-state index is -0.120. The van der Waals surface area contributed by atoms with Crippen molar-refractivity contribution in [3.8, 4) is 0 Å². The third-order valence-electron chi connectivity index (χ3n) is 2.21. The molecule has 0 aliphatic carbocycles. The molecule has 0 unspecified atom stereocenters. The number of hydrogen-bond acceptors (Lipinski definition) is 7. The van der Waals surface area contributed by atoms with Crippen molar-refractivity contribution in [2.45, 2.75) is 17.8 Å². The lowest BCUT2D eigenvalue weighted by Crippen LogP contribution is -2.07. The smallest absolute Gasteiger partial charge is 0.260 e. The highest BCUT2D eigenvalue weighted by atomic mass is 32.2. The van der Waals surface area contributed by atoms with Gasteiger partial charge >= 0.3 is 0 Å². The molecule has 0 aliphatic heterocycles. The summed E-state index contributed by atoms with van der Waals surface area (Å²) in [5, 5.41) is 6.73. The van der Waals surface area contributed by atoms with Gasteiger partial charge in [-0.05, 0) is 18.4 Å². The average molecular weight is 280 g/mol. The van der Waals surface area contributed by atoms with Crippen LogP contribution in [0.1, 0.15) is 11.7 Å². The SMILES string of the molecule is Cc1noc(CSc2nc3sccc3c(=O)[nH]2)n1. The lowest BCUT2D eigenvalue weighted by molar-refractivity contribution is 0.387. The van der Waals surface area contributed by atoms with E-state index in [1.54, 1.807) is 13.0 Å². The number of nitrogens with zero attached hydrogens (tertiary/aromatic N) is 3. The van der Waals surface area contributed by atoms with Gasteiger partial charge in [-0.25, -0.2) is 4.98 Å². The first-order valence-corrected chi connectivity index (χ1v) is 6.98. The Hall–Kier alpha value is -1.67. The van der Waals surface area contributed by atoms with Gasteiger partial charge in [0.1, 0.15) is 4.83 Å². The monoisotopic (exact) mass is 280 g/mol. The number of thiophene rings is 1. The Bertz CT molecular complexity index is 746. The standard InChI is InChI=1S/C10H8N4O2S2/c1-5-11-7(16-14-5)4-18-10-12-8(15)6-2-3-17-9(6)13-10/h2-3H,4H2,1H3,(H,12,13,15). The third kappa shape index (κ3) is 2.16. The van der Waals surface area contributed by atoms with E-state index in [0.717, 1.165) is 4.83 Å².